The van der Waals surface area contributed by atoms with Crippen molar-refractivity contribution < 1.29 is 18.3 Å². The van der Waals surface area contributed by atoms with Gasteiger partial charge in [0.25, 0.3) is 0 Å². The van der Waals surface area contributed by atoms with Gasteiger partial charge in [0.15, 0.2) is 0 Å². The maximum Gasteiger partial charge on any atom is 0.321 e. The number of carbonyl (C=O) groups is 1. The number of nitrogens with one attached hydrogen (secondary N) is 1. The molecule has 116 valence electrons. The predicted octanol–water partition coefficient (Wildman–Crippen LogP) is 2.34. The Morgan fingerprint density at radius 2 is 1.86 bits per heavy atom. The molecule has 1 atom stereocenters. The van der Waals surface area contributed by atoms with Gasteiger partial charge in [-0.15, -0.1) is 0 Å². The maximum atomic E-state index is 12.3. The van der Waals surface area contributed by atoms with Gasteiger partial charge in [0.2, 0.25) is 10.0 Å². The summed E-state index contributed by atoms with van der Waals surface area (Å²) in [5, 5.41) is 9.13. The molecule has 0 saturated heterocycles. The largest absolute Gasteiger partial charge is 0.480 e. The molecule has 0 heterocycles. The third-order valence-corrected chi connectivity index (χ3v) is 5.03. The van der Waals surface area contributed by atoms with Crippen molar-refractivity contribution in [3.8, 4) is 0 Å². The van der Waals surface area contributed by atoms with Gasteiger partial charge < -0.3 is 5.11 Å². The molecule has 1 aromatic carbocycles. The van der Waals surface area contributed by atoms with E-state index in [0.29, 0.717) is 5.92 Å². The topological polar surface area (TPSA) is 83.5 Å². The van der Waals surface area contributed by atoms with Crippen molar-refractivity contribution in [3.63, 3.8) is 0 Å². The molecule has 1 aliphatic carbocycles. The summed E-state index contributed by atoms with van der Waals surface area (Å²) in [4.78, 5) is 11.3. The summed E-state index contributed by atoms with van der Waals surface area (Å²) in [6.45, 7) is 3.71. The zero-order chi connectivity index (χ0) is 15.6. The third kappa shape index (κ3) is 4.28. The molecule has 0 aromatic heterocycles. The van der Waals surface area contributed by atoms with Crippen LogP contribution in [0.1, 0.15) is 44.6 Å². The average Bonchev–Trinajstić information content (AvgIpc) is 3.21. The molecule has 0 amide bonds. The molecule has 0 spiro atoms. The number of sulfonamides is 1. The fourth-order valence-corrected chi connectivity index (χ4v) is 3.46. The summed E-state index contributed by atoms with van der Waals surface area (Å²) in [5.41, 5.74) is 1.14. The van der Waals surface area contributed by atoms with Gasteiger partial charge >= 0.3 is 5.97 Å². The number of hydrogen-bond acceptors (Lipinski definition) is 3. The minimum atomic E-state index is -3.80. The third-order valence-electron chi connectivity index (χ3n) is 3.54. The number of benzene rings is 1. The predicted molar refractivity (Wildman–Crippen MR) is 79.6 cm³/mol. The van der Waals surface area contributed by atoms with E-state index >= 15 is 0 Å². The normalized spacial score (nSPS) is 16.9. The van der Waals surface area contributed by atoms with Gasteiger partial charge in [0.1, 0.15) is 6.04 Å². The highest BCUT2D eigenvalue weighted by molar-refractivity contribution is 7.89. The zero-order valence-corrected chi connectivity index (χ0v) is 13.1. The second-order valence-corrected chi connectivity index (χ2v) is 7.70. The Hall–Kier alpha value is -1.40. The highest BCUT2D eigenvalue weighted by atomic mass is 32.2. The van der Waals surface area contributed by atoms with Crippen molar-refractivity contribution in [2.45, 2.75) is 50.0 Å². The minimum Gasteiger partial charge on any atom is -0.480 e. The Balaban J connectivity index is 2.13. The molecule has 6 heteroatoms. The first kappa shape index (κ1) is 16.0. The molecule has 5 nitrogen and oxygen atoms in total. The van der Waals surface area contributed by atoms with Crippen molar-refractivity contribution in [2.75, 3.05) is 0 Å². The number of carboxylic acids is 1. The molecule has 21 heavy (non-hydrogen) atoms. The first-order valence-electron chi connectivity index (χ1n) is 7.14. The number of aliphatic carboxylic acids is 1. The SMILES string of the molecule is CC(C)C[C@H](NS(=O)(=O)c1ccc(C2CC2)cc1)C(=O)O. The molecule has 2 rings (SSSR count). The summed E-state index contributed by atoms with van der Waals surface area (Å²) >= 11 is 0. The van der Waals surface area contributed by atoms with Crippen molar-refractivity contribution in [2.24, 2.45) is 5.92 Å². The second-order valence-electron chi connectivity index (χ2n) is 5.98. The van der Waals surface area contributed by atoms with E-state index in [4.69, 9.17) is 5.11 Å². The van der Waals surface area contributed by atoms with Crippen LogP contribution in [0.3, 0.4) is 0 Å². The van der Waals surface area contributed by atoms with Gasteiger partial charge in [-0.1, -0.05) is 26.0 Å². The van der Waals surface area contributed by atoms with Crippen LogP contribution in [0.25, 0.3) is 0 Å². The Kier molecular flexibility index (Phi) is 4.68. The van der Waals surface area contributed by atoms with Crippen LogP contribution in [0.5, 0.6) is 0 Å². The van der Waals surface area contributed by atoms with Crippen LogP contribution in [0.2, 0.25) is 0 Å². The summed E-state index contributed by atoms with van der Waals surface area (Å²) < 4.78 is 26.8. The molecule has 2 N–H and O–H groups in total. The smallest absolute Gasteiger partial charge is 0.321 e. The van der Waals surface area contributed by atoms with E-state index in [1.54, 1.807) is 12.1 Å². The molecule has 1 saturated carbocycles. The lowest BCUT2D eigenvalue weighted by molar-refractivity contribution is -0.139. The minimum absolute atomic E-state index is 0.0889. The zero-order valence-electron chi connectivity index (χ0n) is 12.2. The Bertz CT molecular complexity index is 603. The summed E-state index contributed by atoms with van der Waals surface area (Å²) in [5.74, 6) is -0.504. The fraction of sp³-hybridized carbons (Fsp3) is 0.533. The highest BCUT2D eigenvalue weighted by Gasteiger charge is 2.27. The van der Waals surface area contributed by atoms with Crippen molar-refractivity contribution in [1.82, 2.24) is 4.72 Å². The van der Waals surface area contributed by atoms with Gasteiger partial charge in [0, 0.05) is 0 Å². The summed E-state index contributed by atoms with van der Waals surface area (Å²) in [7, 11) is -3.80. The summed E-state index contributed by atoms with van der Waals surface area (Å²) in [6.07, 6.45) is 2.56. The maximum absolute atomic E-state index is 12.3. The summed E-state index contributed by atoms with van der Waals surface area (Å²) in [6, 6.07) is 5.61. The Morgan fingerprint density at radius 3 is 2.29 bits per heavy atom. The van der Waals surface area contributed by atoms with E-state index in [-0.39, 0.29) is 17.2 Å². The van der Waals surface area contributed by atoms with Gasteiger partial charge in [-0.25, -0.2) is 8.42 Å². The van der Waals surface area contributed by atoms with Crippen molar-refractivity contribution in [3.05, 3.63) is 29.8 Å². The molecule has 0 aliphatic heterocycles. The van der Waals surface area contributed by atoms with Crippen LogP contribution in [0.15, 0.2) is 29.2 Å². The molecule has 1 aliphatic rings. The lowest BCUT2D eigenvalue weighted by Crippen LogP contribution is -2.41. The molecule has 1 fully saturated rings. The lowest BCUT2D eigenvalue weighted by atomic mass is 10.1. The van der Waals surface area contributed by atoms with E-state index in [2.05, 4.69) is 4.72 Å². The van der Waals surface area contributed by atoms with Gasteiger partial charge in [-0.3, -0.25) is 4.79 Å². The molecule has 0 bridgehead atoms. The average molecular weight is 311 g/mol. The highest BCUT2D eigenvalue weighted by Crippen LogP contribution is 2.40. The second kappa shape index (κ2) is 6.15. The van der Waals surface area contributed by atoms with Crippen LogP contribution in [-0.4, -0.2) is 25.5 Å². The monoisotopic (exact) mass is 311 g/mol. The van der Waals surface area contributed by atoms with E-state index in [0.717, 1.165) is 18.4 Å². The first-order valence-corrected chi connectivity index (χ1v) is 8.63. The lowest BCUT2D eigenvalue weighted by Gasteiger charge is -2.16. The number of hydrogen-bond donors (Lipinski definition) is 2. The molecular weight excluding hydrogens is 290 g/mol. The van der Waals surface area contributed by atoms with Crippen LogP contribution >= 0.6 is 0 Å². The first-order chi connectivity index (χ1) is 9.79. The standard InChI is InChI=1S/C15H21NO4S/c1-10(2)9-14(15(17)18)16-21(19,20)13-7-5-12(6-8-13)11-3-4-11/h5-8,10-11,14,16H,3-4,9H2,1-2H3,(H,17,18)/t14-/m0/s1. The van der Waals surface area contributed by atoms with Crippen molar-refractivity contribution in [1.29, 1.82) is 0 Å². The van der Waals surface area contributed by atoms with Gasteiger partial charge in [-0.2, -0.15) is 4.72 Å². The van der Waals surface area contributed by atoms with E-state index < -0.39 is 22.0 Å². The van der Waals surface area contributed by atoms with Crippen LogP contribution in [0, 0.1) is 5.92 Å². The van der Waals surface area contributed by atoms with Crippen molar-refractivity contribution >= 4 is 16.0 Å². The van der Waals surface area contributed by atoms with E-state index in [1.807, 2.05) is 26.0 Å². The van der Waals surface area contributed by atoms with E-state index in [1.165, 1.54) is 0 Å². The van der Waals surface area contributed by atoms with E-state index in [9.17, 15) is 13.2 Å². The molecule has 0 unspecified atom stereocenters. The van der Waals surface area contributed by atoms with Gasteiger partial charge in [0.05, 0.1) is 4.90 Å². The fourth-order valence-electron chi connectivity index (χ4n) is 2.26. The molecular formula is C15H21NO4S. The van der Waals surface area contributed by atoms with Crippen LogP contribution in [0.4, 0.5) is 0 Å². The Morgan fingerprint density at radius 1 is 1.29 bits per heavy atom. The molecule has 1 aromatic rings. The number of carboxylic acid groups (broad SMARTS) is 1. The molecule has 0 radical (unpaired) electrons. The quantitative estimate of drug-likeness (QED) is 0.809. The Labute approximate surface area is 125 Å². The van der Waals surface area contributed by atoms with Gasteiger partial charge in [-0.05, 0) is 48.8 Å². The number of rotatable bonds is 7. The van der Waals surface area contributed by atoms with Crippen LogP contribution < -0.4 is 4.72 Å². The van der Waals surface area contributed by atoms with Crippen LogP contribution in [-0.2, 0) is 14.8 Å².